The lowest BCUT2D eigenvalue weighted by Crippen LogP contribution is -2.50. The van der Waals surface area contributed by atoms with E-state index in [0.29, 0.717) is 24.7 Å². The number of amides is 1. The van der Waals surface area contributed by atoms with Crippen LogP contribution in [-0.4, -0.2) is 68.9 Å². The quantitative estimate of drug-likeness (QED) is 0.618. The van der Waals surface area contributed by atoms with Gasteiger partial charge in [-0.05, 0) is 25.0 Å². The van der Waals surface area contributed by atoms with Crippen LogP contribution < -0.4 is 14.6 Å². The Balaban J connectivity index is 1.60. The average Bonchev–Trinajstić information content (AvgIpc) is 2.67. The van der Waals surface area contributed by atoms with Crippen molar-refractivity contribution in [2.45, 2.75) is 24.2 Å². The number of hydrogen-bond donors (Lipinski definition) is 0. The van der Waals surface area contributed by atoms with E-state index < -0.39 is 16.0 Å². The Hall–Kier alpha value is -2.33. The topological polar surface area (TPSA) is 116 Å². The van der Waals surface area contributed by atoms with Gasteiger partial charge in [-0.15, -0.1) is 0 Å². The van der Waals surface area contributed by atoms with Gasteiger partial charge in [-0.2, -0.15) is 4.31 Å². The Kier molecular flexibility index (Phi) is 5.85. The summed E-state index contributed by atoms with van der Waals surface area (Å²) >= 11 is 0. The predicted octanol–water partition coefficient (Wildman–Crippen LogP) is -0.789. The standard InChI is InChI=1S/C17H22N2O7S/c20-16(2-1-3-17(21)22)18-6-8-19(9-7-18)27(23,24)13-4-5-14-15(12-13)26-11-10-25-14/h4-5,12H,1-3,6-11H2,(H,21,22)/p-1. The smallest absolute Gasteiger partial charge is 0.243 e. The number of aliphatic carboxylic acids is 1. The van der Waals surface area contributed by atoms with Gasteiger partial charge in [0.2, 0.25) is 15.9 Å². The van der Waals surface area contributed by atoms with E-state index in [2.05, 4.69) is 0 Å². The first-order valence-corrected chi connectivity index (χ1v) is 10.2. The lowest BCUT2D eigenvalue weighted by Gasteiger charge is -2.34. The molecule has 2 aliphatic rings. The van der Waals surface area contributed by atoms with Gasteiger partial charge in [-0.25, -0.2) is 8.42 Å². The maximum Gasteiger partial charge on any atom is 0.243 e. The van der Waals surface area contributed by atoms with E-state index in [1.54, 1.807) is 11.0 Å². The minimum absolute atomic E-state index is 0.114. The highest BCUT2D eigenvalue weighted by Gasteiger charge is 2.31. The zero-order valence-electron chi connectivity index (χ0n) is 14.8. The predicted molar refractivity (Wildman–Crippen MR) is 91.6 cm³/mol. The van der Waals surface area contributed by atoms with E-state index in [1.807, 2.05) is 0 Å². The number of ether oxygens (including phenoxy) is 2. The number of nitrogens with zero attached hydrogens (tertiary/aromatic N) is 2. The van der Waals surface area contributed by atoms with Crippen molar-refractivity contribution in [3.05, 3.63) is 18.2 Å². The largest absolute Gasteiger partial charge is 0.550 e. The van der Waals surface area contributed by atoms with Crippen molar-refractivity contribution < 1.29 is 32.6 Å². The van der Waals surface area contributed by atoms with Gasteiger partial charge >= 0.3 is 0 Å². The molecule has 2 heterocycles. The fraction of sp³-hybridized carbons (Fsp3) is 0.529. The highest BCUT2D eigenvalue weighted by atomic mass is 32.2. The van der Waals surface area contributed by atoms with Gasteiger partial charge in [0.05, 0.1) is 4.90 Å². The molecule has 10 heteroatoms. The van der Waals surface area contributed by atoms with Gasteiger partial charge in [0.1, 0.15) is 13.2 Å². The summed E-state index contributed by atoms with van der Waals surface area (Å²) in [5.41, 5.74) is 0. The number of carbonyl (C=O) groups excluding carboxylic acids is 2. The average molecular weight is 397 g/mol. The first-order chi connectivity index (χ1) is 12.9. The molecule has 27 heavy (non-hydrogen) atoms. The number of rotatable bonds is 6. The summed E-state index contributed by atoms with van der Waals surface area (Å²) in [6.07, 6.45) is 0.171. The van der Waals surface area contributed by atoms with Crippen molar-refractivity contribution in [3.8, 4) is 11.5 Å². The highest BCUT2D eigenvalue weighted by Crippen LogP contribution is 2.33. The highest BCUT2D eigenvalue weighted by molar-refractivity contribution is 7.89. The van der Waals surface area contributed by atoms with Gasteiger partial charge in [0.25, 0.3) is 0 Å². The van der Waals surface area contributed by atoms with E-state index in [1.165, 1.54) is 16.4 Å². The van der Waals surface area contributed by atoms with E-state index in [0.717, 1.165) is 0 Å². The fourth-order valence-electron chi connectivity index (χ4n) is 3.05. The Morgan fingerprint density at radius 2 is 1.67 bits per heavy atom. The molecule has 9 nitrogen and oxygen atoms in total. The van der Waals surface area contributed by atoms with Crippen molar-refractivity contribution >= 4 is 21.9 Å². The summed E-state index contributed by atoms with van der Waals surface area (Å²) in [6, 6.07) is 4.53. The number of piperazine rings is 1. The summed E-state index contributed by atoms with van der Waals surface area (Å²) in [7, 11) is -3.70. The zero-order valence-corrected chi connectivity index (χ0v) is 15.6. The number of carbonyl (C=O) groups is 2. The molecule has 0 saturated carbocycles. The van der Waals surface area contributed by atoms with Crippen LogP contribution in [-0.2, 0) is 19.6 Å². The molecule has 0 N–H and O–H groups in total. The van der Waals surface area contributed by atoms with Crippen LogP contribution in [0.3, 0.4) is 0 Å². The van der Waals surface area contributed by atoms with Crippen molar-refractivity contribution in [1.29, 1.82) is 0 Å². The third-order valence-corrected chi connectivity index (χ3v) is 6.41. The molecule has 1 amide bonds. The maximum absolute atomic E-state index is 12.9. The number of benzene rings is 1. The Labute approximate surface area is 157 Å². The van der Waals surface area contributed by atoms with E-state index in [4.69, 9.17) is 9.47 Å². The molecule has 1 aromatic rings. The molecule has 0 unspecified atom stereocenters. The van der Waals surface area contributed by atoms with E-state index in [9.17, 15) is 23.1 Å². The van der Waals surface area contributed by atoms with Crippen LogP contribution >= 0.6 is 0 Å². The summed E-state index contributed by atoms with van der Waals surface area (Å²) in [6.45, 7) is 1.71. The molecule has 0 aromatic heterocycles. The number of fused-ring (bicyclic) bond motifs is 1. The van der Waals surface area contributed by atoms with Crippen LogP contribution in [0.25, 0.3) is 0 Å². The molecule has 0 atom stereocenters. The molecular formula is C17H21N2O7S-. The SMILES string of the molecule is O=C([O-])CCCC(=O)N1CCN(S(=O)(=O)c2ccc3c(c2)OCCO3)CC1. The fourth-order valence-corrected chi connectivity index (χ4v) is 4.49. The van der Waals surface area contributed by atoms with Gasteiger partial charge in [0, 0.05) is 44.6 Å². The third-order valence-electron chi connectivity index (χ3n) is 4.51. The molecule has 0 bridgehead atoms. The normalized spacial score (nSPS) is 17.6. The van der Waals surface area contributed by atoms with Gasteiger partial charge < -0.3 is 24.3 Å². The summed E-state index contributed by atoms with van der Waals surface area (Å²) in [4.78, 5) is 24.2. The second-order valence-electron chi connectivity index (χ2n) is 6.32. The van der Waals surface area contributed by atoms with Crippen LogP contribution in [0, 0.1) is 0 Å². The van der Waals surface area contributed by atoms with E-state index >= 15 is 0 Å². The van der Waals surface area contributed by atoms with Crippen molar-refractivity contribution in [2.75, 3.05) is 39.4 Å². The van der Waals surface area contributed by atoms with Crippen molar-refractivity contribution in [3.63, 3.8) is 0 Å². The molecular weight excluding hydrogens is 376 g/mol. The Bertz CT molecular complexity index is 817. The minimum Gasteiger partial charge on any atom is -0.550 e. The molecule has 0 radical (unpaired) electrons. The number of carboxylic acid groups (broad SMARTS) is 1. The lowest BCUT2D eigenvalue weighted by atomic mass is 10.2. The first-order valence-electron chi connectivity index (χ1n) is 8.75. The van der Waals surface area contributed by atoms with Crippen LogP contribution in [0.15, 0.2) is 23.1 Å². The van der Waals surface area contributed by atoms with Crippen molar-refractivity contribution in [1.82, 2.24) is 9.21 Å². The molecule has 148 valence electrons. The maximum atomic E-state index is 12.9. The van der Waals surface area contributed by atoms with Crippen LogP contribution in [0.4, 0.5) is 0 Å². The minimum atomic E-state index is -3.70. The van der Waals surface area contributed by atoms with Crippen LogP contribution in [0.5, 0.6) is 11.5 Å². The van der Waals surface area contributed by atoms with Gasteiger partial charge in [0.15, 0.2) is 11.5 Å². The molecule has 0 aliphatic carbocycles. The number of carboxylic acids is 1. The van der Waals surface area contributed by atoms with Gasteiger partial charge in [-0.3, -0.25) is 4.79 Å². The van der Waals surface area contributed by atoms with Gasteiger partial charge in [-0.1, -0.05) is 0 Å². The zero-order chi connectivity index (χ0) is 19.4. The molecule has 1 saturated heterocycles. The Morgan fingerprint density at radius 3 is 2.33 bits per heavy atom. The molecule has 1 aromatic carbocycles. The molecule has 3 rings (SSSR count). The van der Waals surface area contributed by atoms with Crippen LogP contribution in [0.1, 0.15) is 19.3 Å². The summed E-state index contributed by atoms with van der Waals surface area (Å²) < 4.78 is 37.9. The molecule has 1 fully saturated rings. The Morgan fingerprint density at radius 1 is 1.00 bits per heavy atom. The number of sulfonamides is 1. The molecule has 0 spiro atoms. The van der Waals surface area contributed by atoms with E-state index in [-0.39, 0.29) is 56.2 Å². The number of hydrogen-bond acceptors (Lipinski definition) is 7. The summed E-state index contributed by atoms with van der Waals surface area (Å²) in [5, 5.41) is 10.4. The van der Waals surface area contributed by atoms with Crippen LogP contribution in [0.2, 0.25) is 0 Å². The second kappa shape index (κ2) is 8.13. The third kappa shape index (κ3) is 4.51. The summed E-state index contributed by atoms with van der Waals surface area (Å²) in [5.74, 6) is -0.429. The lowest BCUT2D eigenvalue weighted by molar-refractivity contribution is -0.305. The first kappa shape index (κ1) is 19.4. The monoisotopic (exact) mass is 397 g/mol. The second-order valence-corrected chi connectivity index (χ2v) is 8.25. The molecule has 2 aliphatic heterocycles. The van der Waals surface area contributed by atoms with Crippen molar-refractivity contribution in [2.24, 2.45) is 0 Å².